The van der Waals surface area contributed by atoms with E-state index in [0.29, 0.717) is 19.6 Å². The van der Waals surface area contributed by atoms with Gasteiger partial charge < -0.3 is 5.73 Å². The molecule has 1 nitrogen and oxygen atoms in total. The highest BCUT2D eigenvalue weighted by molar-refractivity contribution is 5.32. The van der Waals surface area contributed by atoms with Crippen molar-refractivity contribution in [2.24, 2.45) is 5.73 Å². The Morgan fingerprint density at radius 2 is 1.18 bits per heavy atom. The van der Waals surface area contributed by atoms with Gasteiger partial charge in [0.25, 0.3) is 0 Å². The fraction of sp³-hybridized carbons (Fsp3) is 0.200. The number of halogens is 1. The molecule has 2 aromatic carbocycles. The Bertz CT molecular complexity index is 360. The molecule has 2 N–H and O–H groups in total. The third-order valence-corrected chi connectivity index (χ3v) is 2.64. The maximum atomic E-state index is 9.50. The first-order chi connectivity index (χ1) is 8.42. The molecule has 0 bridgehead atoms. The van der Waals surface area contributed by atoms with Crippen molar-refractivity contribution in [1.82, 2.24) is 0 Å². The van der Waals surface area contributed by atoms with Crippen molar-refractivity contribution < 1.29 is 4.39 Å². The van der Waals surface area contributed by atoms with Crippen LogP contribution in [0.2, 0.25) is 0 Å². The number of hydrogen-bond acceptors (Lipinski definition) is 1. The van der Waals surface area contributed by atoms with Crippen LogP contribution in [-0.4, -0.2) is 13.7 Å². The highest BCUT2D eigenvalue weighted by Gasteiger charge is 2.10. The lowest BCUT2D eigenvalue weighted by molar-refractivity contribution is 0.636. The fourth-order valence-electron chi connectivity index (χ4n) is 1.84. The van der Waals surface area contributed by atoms with Gasteiger partial charge >= 0.3 is 0 Å². The maximum Gasteiger partial charge on any atom is 0.0785 e. The first kappa shape index (κ1) is 13.4. The molecule has 2 rings (SSSR count). The van der Waals surface area contributed by atoms with Crippen molar-refractivity contribution in [3.63, 3.8) is 0 Å². The smallest absolute Gasteiger partial charge is 0.0785 e. The summed E-state index contributed by atoms with van der Waals surface area (Å²) in [5.41, 5.74) is 8.40. The molecule has 0 unspecified atom stereocenters. The van der Waals surface area contributed by atoms with Crippen LogP contribution >= 0.6 is 0 Å². The van der Waals surface area contributed by atoms with Crippen molar-refractivity contribution in [3.05, 3.63) is 71.8 Å². The molecule has 90 valence electrons. The second-order valence-corrected chi connectivity index (χ2v) is 3.61. The van der Waals surface area contributed by atoms with E-state index in [1.165, 1.54) is 11.1 Å². The summed E-state index contributed by atoms with van der Waals surface area (Å²) in [6.07, 6.45) is 0. The lowest BCUT2D eigenvalue weighted by atomic mass is 9.92. The molecule has 0 aliphatic heterocycles. The zero-order valence-electron chi connectivity index (χ0n) is 10.0. The molecule has 0 aromatic heterocycles. The summed E-state index contributed by atoms with van der Waals surface area (Å²) in [6, 6.07) is 20.8. The summed E-state index contributed by atoms with van der Waals surface area (Å²) < 4.78 is 9.50. The molecule has 0 heterocycles. The quantitative estimate of drug-likeness (QED) is 0.861. The van der Waals surface area contributed by atoms with E-state index in [-0.39, 0.29) is 0 Å². The highest BCUT2D eigenvalue weighted by Crippen LogP contribution is 2.22. The molecular formula is C15H18FN. The Balaban J connectivity index is 0.000000686. The molecular weight excluding hydrogens is 213 g/mol. The highest BCUT2D eigenvalue weighted by atomic mass is 19.1. The number of hydrogen-bond donors (Lipinski definition) is 1. The van der Waals surface area contributed by atoms with Crippen LogP contribution in [0, 0.1) is 0 Å². The standard InChI is InChI=1S/C14H15N.CH3F/c15-11-14(12-7-3-1-4-8-12)13-9-5-2-6-10-13;1-2/h1-10,14H,11,15H2;1H3. The first-order valence-corrected chi connectivity index (χ1v) is 5.59. The Morgan fingerprint density at radius 1 is 0.824 bits per heavy atom. The van der Waals surface area contributed by atoms with Crippen LogP contribution in [0.3, 0.4) is 0 Å². The van der Waals surface area contributed by atoms with E-state index >= 15 is 0 Å². The van der Waals surface area contributed by atoms with Gasteiger partial charge in [-0.3, -0.25) is 4.39 Å². The van der Waals surface area contributed by atoms with E-state index in [4.69, 9.17) is 5.73 Å². The minimum atomic E-state index is 0.312. The van der Waals surface area contributed by atoms with Crippen molar-refractivity contribution in [2.45, 2.75) is 5.92 Å². The SMILES string of the molecule is CF.NCC(c1ccccc1)c1ccccc1. The molecule has 0 saturated carbocycles. The topological polar surface area (TPSA) is 26.0 Å². The molecule has 0 amide bonds. The molecule has 2 heteroatoms. The van der Waals surface area contributed by atoms with E-state index < -0.39 is 0 Å². The number of rotatable bonds is 3. The molecule has 0 radical (unpaired) electrons. The first-order valence-electron chi connectivity index (χ1n) is 5.59. The second-order valence-electron chi connectivity index (χ2n) is 3.61. The van der Waals surface area contributed by atoms with Gasteiger partial charge in [-0.1, -0.05) is 60.7 Å². The average Bonchev–Trinajstić information content (AvgIpc) is 2.44. The van der Waals surface area contributed by atoms with Gasteiger partial charge in [-0.2, -0.15) is 0 Å². The van der Waals surface area contributed by atoms with Crippen LogP contribution < -0.4 is 5.73 Å². The molecule has 0 spiro atoms. The molecule has 0 aliphatic rings. The Hall–Kier alpha value is -1.67. The van der Waals surface area contributed by atoms with Crippen LogP contribution in [0.4, 0.5) is 4.39 Å². The van der Waals surface area contributed by atoms with E-state index in [1.54, 1.807) is 0 Å². The van der Waals surface area contributed by atoms with Gasteiger partial charge in [0.2, 0.25) is 0 Å². The van der Waals surface area contributed by atoms with Gasteiger partial charge in [-0.15, -0.1) is 0 Å². The lowest BCUT2D eigenvalue weighted by Gasteiger charge is -2.15. The van der Waals surface area contributed by atoms with Crippen molar-refractivity contribution in [2.75, 3.05) is 13.7 Å². The number of alkyl halides is 1. The molecule has 2 aromatic rings. The molecule has 0 saturated heterocycles. The van der Waals surface area contributed by atoms with E-state index in [1.807, 2.05) is 12.1 Å². The number of nitrogens with two attached hydrogens (primary N) is 1. The van der Waals surface area contributed by atoms with Crippen LogP contribution in [0.25, 0.3) is 0 Å². The molecule has 17 heavy (non-hydrogen) atoms. The van der Waals surface area contributed by atoms with Crippen LogP contribution in [0.1, 0.15) is 17.0 Å². The predicted octanol–water partition coefficient (Wildman–Crippen LogP) is 3.36. The lowest BCUT2D eigenvalue weighted by Crippen LogP contribution is -2.13. The zero-order valence-corrected chi connectivity index (χ0v) is 10.0. The maximum absolute atomic E-state index is 9.50. The minimum Gasteiger partial charge on any atom is -0.330 e. The van der Waals surface area contributed by atoms with Crippen molar-refractivity contribution in [3.8, 4) is 0 Å². The van der Waals surface area contributed by atoms with Gasteiger partial charge in [0, 0.05) is 12.5 Å². The summed E-state index contributed by atoms with van der Waals surface area (Å²) in [7, 11) is 0.500. The fourth-order valence-corrected chi connectivity index (χ4v) is 1.84. The summed E-state index contributed by atoms with van der Waals surface area (Å²) in [5, 5.41) is 0. The molecule has 0 aliphatic carbocycles. The number of benzene rings is 2. The Labute approximate surface area is 102 Å². The average molecular weight is 231 g/mol. The van der Waals surface area contributed by atoms with Crippen LogP contribution in [0.5, 0.6) is 0 Å². The normalized spacial score (nSPS) is 9.65. The third kappa shape index (κ3) is 3.68. The molecule has 0 fully saturated rings. The summed E-state index contributed by atoms with van der Waals surface area (Å²) >= 11 is 0. The monoisotopic (exact) mass is 231 g/mol. The van der Waals surface area contributed by atoms with E-state index in [9.17, 15) is 4.39 Å². The molecule has 0 atom stereocenters. The predicted molar refractivity (Wildman–Crippen MR) is 70.8 cm³/mol. The van der Waals surface area contributed by atoms with E-state index in [0.717, 1.165) is 0 Å². The second kappa shape index (κ2) is 7.58. The van der Waals surface area contributed by atoms with Crippen LogP contribution in [-0.2, 0) is 0 Å². The van der Waals surface area contributed by atoms with Crippen LogP contribution in [0.15, 0.2) is 60.7 Å². The van der Waals surface area contributed by atoms with Crippen molar-refractivity contribution >= 4 is 0 Å². The van der Waals surface area contributed by atoms with Gasteiger partial charge in [0.15, 0.2) is 0 Å². The Morgan fingerprint density at radius 3 is 1.47 bits per heavy atom. The minimum absolute atomic E-state index is 0.312. The summed E-state index contributed by atoms with van der Waals surface area (Å²) in [4.78, 5) is 0. The van der Waals surface area contributed by atoms with E-state index in [2.05, 4.69) is 48.5 Å². The van der Waals surface area contributed by atoms with Gasteiger partial charge in [0.05, 0.1) is 7.18 Å². The Kier molecular flexibility index (Phi) is 5.97. The third-order valence-electron chi connectivity index (χ3n) is 2.64. The van der Waals surface area contributed by atoms with Gasteiger partial charge in [0.1, 0.15) is 0 Å². The van der Waals surface area contributed by atoms with Gasteiger partial charge in [-0.25, -0.2) is 0 Å². The van der Waals surface area contributed by atoms with Gasteiger partial charge in [-0.05, 0) is 11.1 Å². The zero-order chi connectivity index (χ0) is 12.5. The summed E-state index contributed by atoms with van der Waals surface area (Å²) in [6.45, 7) is 0.647. The van der Waals surface area contributed by atoms with Crippen molar-refractivity contribution in [1.29, 1.82) is 0 Å². The summed E-state index contributed by atoms with van der Waals surface area (Å²) in [5.74, 6) is 0.312. The largest absolute Gasteiger partial charge is 0.330 e.